The second-order valence-corrected chi connectivity index (χ2v) is 3.97. The lowest BCUT2D eigenvalue weighted by molar-refractivity contribution is 0.0646. The number of nitrogens with zero attached hydrogens (tertiary/aromatic N) is 2. The molecule has 0 aromatic heterocycles. The van der Waals surface area contributed by atoms with E-state index in [1.54, 1.807) is 0 Å². The number of rotatable bonds is 2. The molecule has 1 aliphatic heterocycles. The zero-order valence-corrected chi connectivity index (χ0v) is 9.74. The largest absolute Gasteiger partial charge is 0.478 e. The Balaban J connectivity index is 2.37. The second kappa shape index (κ2) is 4.91. The van der Waals surface area contributed by atoms with E-state index in [2.05, 4.69) is 10.4 Å². The van der Waals surface area contributed by atoms with Crippen LogP contribution in [0.5, 0.6) is 0 Å². The number of carboxylic acids is 1. The Morgan fingerprint density at radius 2 is 2.17 bits per heavy atom. The number of carbonyl (C=O) groups is 1. The van der Waals surface area contributed by atoms with E-state index >= 15 is 0 Å². The Labute approximate surface area is 107 Å². The van der Waals surface area contributed by atoms with Gasteiger partial charge in [0.2, 0.25) is 6.35 Å². The van der Waals surface area contributed by atoms with E-state index < -0.39 is 18.5 Å². The zero-order valence-electron chi connectivity index (χ0n) is 8.99. The van der Waals surface area contributed by atoms with E-state index in [0.29, 0.717) is 5.69 Å². The minimum atomic E-state index is -1.26. The van der Waals surface area contributed by atoms with E-state index in [9.17, 15) is 9.90 Å². The predicted octanol–water partition coefficient (Wildman–Crippen LogP) is 0.0279. The zero-order chi connectivity index (χ0) is 13.3. The van der Waals surface area contributed by atoms with Crippen molar-refractivity contribution in [2.45, 2.75) is 12.6 Å². The van der Waals surface area contributed by atoms with Crippen LogP contribution in [0.2, 0.25) is 5.02 Å². The molecule has 2 rings (SSSR count). The average Bonchev–Trinajstić information content (AvgIpc) is 2.30. The van der Waals surface area contributed by atoms with Crippen LogP contribution in [0.4, 0.5) is 5.69 Å². The molecule has 7 nitrogen and oxygen atoms in total. The van der Waals surface area contributed by atoms with Crippen LogP contribution in [0.1, 0.15) is 10.4 Å². The molecule has 18 heavy (non-hydrogen) atoms. The summed E-state index contributed by atoms with van der Waals surface area (Å²) in [6.45, 7) is 0. The van der Waals surface area contributed by atoms with E-state index in [1.807, 2.05) is 0 Å². The molecule has 0 spiro atoms. The van der Waals surface area contributed by atoms with Crippen LogP contribution in [0.25, 0.3) is 0 Å². The van der Waals surface area contributed by atoms with E-state index in [1.165, 1.54) is 24.4 Å². The third kappa shape index (κ3) is 2.44. The van der Waals surface area contributed by atoms with Crippen molar-refractivity contribution in [1.29, 1.82) is 0 Å². The Morgan fingerprint density at radius 1 is 1.44 bits per heavy atom. The standard InChI is InChI=1S/C10H10ClN3O4/c11-7-2-1-5(3-6(7)9(16)17)14-10(18)13-8(15)4-12-14/h1-4,8,10,13,15,18H,(H,16,17). The minimum Gasteiger partial charge on any atom is -0.478 e. The summed E-state index contributed by atoms with van der Waals surface area (Å²) in [5.74, 6) is -1.18. The highest BCUT2D eigenvalue weighted by Gasteiger charge is 2.23. The van der Waals surface area contributed by atoms with Gasteiger partial charge >= 0.3 is 5.97 Å². The highest BCUT2D eigenvalue weighted by Crippen LogP contribution is 2.25. The quantitative estimate of drug-likeness (QED) is 0.605. The molecule has 4 N–H and O–H groups in total. The van der Waals surface area contributed by atoms with Crippen LogP contribution in [-0.4, -0.2) is 40.1 Å². The SMILES string of the molecule is O=C(O)c1cc(N2N=CC(O)NC2O)ccc1Cl. The van der Waals surface area contributed by atoms with Crippen LogP contribution in [0.15, 0.2) is 23.3 Å². The molecule has 96 valence electrons. The lowest BCUT2D eigenvalue weighted by Crippen LogP contribution is -2.52. The molecule has 1 aromatic carbocycles. The summed E-state index contributed by atoms with van der Waals surface area (Å²) in [6.07, 6.45) is -1.14. The average molecular weight is 272 g/mol. The van der Waals surface area contributed by atoms with Crippen molar-refractivity contribution in [3.8, 4) is 0 Å². The van der Waals surface area contributed by atoms with Crippen molar-refractivity contribution in [1.82, 2.24) is 5.32 Å². The monoisotopic (exact) mass is 271 g/mol. The van der Waals surface area contributed by atoms with E-state index in [0.717, 1.165) is 5.01 Å². The van der Waals surface area contributed by atoms with Crippen LogP contribution < -0.4 is 10.3 Å². The minimum absolute atomic E-state index is 0.0923. The van der Waals surface area contributed by atoms with Gasteiger partial charge in [-0.05, 0) is 18.2 Å². The number of hydrogen-bond donors (Lipinski definition) is 4. The number of benzene rings is 1. The van der Waals surface area contributed by atoms with Crippen molar-refractivity contribution in [3.05, 3.63) is 28.8 Å². The molecule has 0 bridgehead atoms. The molecule has 0 amide bonds. The number of aromatic carboxylic acids is 1. The summed E-state index contributed by atoms with van der Waals surface area (Å²) in [7, 11) is 0. The highest BCUT2D eigenvalue weighted by molar-refractivity contribution is 6.33. The number of halogens is 1. The number of hydrogen-bond acceptors (Lipinski definition) is 6. The summed E-state index contributed by atoms with van der Waals surface area (Å²) in [5, 5.41) is 35.2. The van der Waals surface area contributed by atoms with Gasteiger partial charge in [0.25, 0.3) is 0 Å². The number of anilines is 1. The lowest BCUT2D eigenvalue weighted by atomic mass is 10.2. The van der Waals surface area contributed by atoms with E-state index in [4.69, 9.17) is 21.8 Å². The molecule has 0 fully saturated rings. The summed E-state index contributed by atoms with van der Waals surface area (Å²) in [4.78, 5) is 10.9. The first-order chi connectivity index (χ1) is 8.49. The lowest BCUT2D eigenvalue weighted by Gasteiger charge is -2.30. The number of hydrazone groups is 1. The molecule has 0 saturated carbocycles. The smallest absolute Gasteiger partial charge is 0.337 e. The normalized spacial score (nSPS) is 23.2. The topological polar surface area (TPSA) is 105 Å². The molecule has 1 heterocycles. The van der Waals surface area contributed by atoms with Gasteiger partial charge in [0.15, 0.2) is 0 Å². The maximum Gasteiger partial charge on any atom is 0.337 e. The first-order valence-corrected chi connectivity index (χ1v) is 5.35. The van der Waals surface area contributed by atoms with Gasteiger partial charge in [-0.3, -0.25) is 0 Å². The molecule has 8 heteroatoms. The van der Waals surface area contributed by atoms with Crippen molar-refractivity contribution < 1.29 is 20.1 Å². The van der Waals surface area contributed by atoms with Gasteiger partial charge < -0.3 is 15.3 Å². The van der Waals surface area contributed by atoms with E-state index in [-0.39, 0.29) is 10.6 Å². The summed E-state index contributed by atoms with van der Waals surface area (Å²) >= 11 is 5.73. The van der Waals surface area contributed by atoms with Gasteiger partial charge in [-0.15, -0.1) is 0 Å². The number of aliphatic hydroxyl groups excluding tert-OH is 2. The molecule has 2 unspecified atom stereocenters. The highest BCUT2D eigenvalue weighted by atomic mass is 35.5. The van der Waals surface area contributed by atoms with Gasteiger partial charge in [-0.25, -0.2) is 15.1 Å². The molecule has 0 saturated heterocycles. The summed E-state index contributed by atoms with van der Waals surface area (Å²) in [5.41, 5.74) is 0.239. The van der Waals surface area contributed by atoms with Gasteiger partial charge in [0, 0.05) is 0 Å². The van der Waals surface area contributed by atoms with Crippen LogP contribution in [-0.2, 0) is 0 Å². The Bertz CT molecular complexity index is 508. The maximum absolute atomic E-state index is 10.9. The fraction of sp³-hybridized carbons (Fsp3) is 0.200. The maximum atomic E-state index is 10.9. The number of nitrogens with one attached hydrogen (secondary N) is 1. The van der Waals surface area contributed by atoms with Crippen molar-refractivity contribution >= 4 is 29.5 Å². The molecule has 1 aromatic rings. The van der Waals surface area contributed by atoms with Crippen LogP contribution in [0, 0.1) is 0 Å². The molecule has 0 aliphatic carbocycles. The van der Waals surface area contributed by atoms with Crippen LogP contribution in [0.3, 0.4) is 0 Å². The van der Waals surface area contributed by atoms with Crippen molar-refractivity contribution in [2.75, 3.05) is 5.01 Å². The Morgan fingerprint density at radius 3 is 2.78 bits per heavy atom. The first-order valence-electron chi connectivity index (χ1n) is 4.97. The first kappa shape index (κ1) is 12.8. The molecule has 2 atom stereocenters. The van der Waals surface area contributed by atoms with Gasteiger partial charge in [0.05, 0.1) is 22.5 Å². The number of carboxylic acid groups (broad SMARTS) is 1. The fourth-order valence-corrected chi connectivity index (χ4v) is 1.69. The predicted molar refractivity (Wildman–Crippen MR) is 64.5 cm³/mol. The third-order valence-electron chi connectivity index (χ3n) is 2.33. The van der Waals surface area contributed by atoms with Gasteiger partial charge in [0.1, 0.15) is 6.23 Å². The van der Waals surface area contributed by atoms with Gasteiger partial charge in [-0.1, -0.05) is 11.6 Å². The fourth-order valence-electron chi connectivity index (χ4n) is 1.49. The molecular formula is C10H10ClN3O4. The Kier molecular flexibility index (Phi) is 3.48. The van der Waals surface area contributed by atoms with Crippen molar-refractivity contribution in [3.63, 3.8) is 0 Å². The number of aliphatic hydroxyl groups is 2. The van der Waals surface area contributed by atoms with Crippen LogP contribution >= 0.6 is 11.6 Å². The van der Waals surface area contributed by atoms with Gasteiger partial charge in [-0.2, -0.15) is 5.10 Å². The third-order valence-corrected chi connectivity index (χ3v) is 2.66. The molecule has 0 radical (unpaired) electrons. The van der Waals surface area contributed by atoms with Crippen molar-refractivity contribution in [2.24, 2.45) is 5.10 Å². The second-order valence-electron chi connectivity index (χ2n) is 3.56. The summed E-state index contributed by atoms with van der Waals surface area (Å²) < 4.78 is 0. The Hall–Kier alpha value is -1.67. The summed E-state index contributed by atoms with van der Waals surface area (Å²) in [6, 6.07) is 4.19. The molecule has 1 aliphatic rings. The molecular weight excluding hydrogens is 262 g/mol.